The van der Waals surface area contributed by atoms with E-state index in [9.17, 15) is 0 Å². The fourth-order valence-corrected chi connectivity index (χ4v) is 1.23. The van der Waals surface area contributed by atoms with Gasteiger partial charge in [0.2, 0.25) is 0 Å². The Kier molecular flexibility index (Phi) is 4.10. The molecule has 0 saturated carbocycles. The number of benzene rings is 2. The van der Waals surface area contributed by atoms with Crippen LogP contribution in [-0.4, -0.2) is 0 Å². The maximum Gasteiger partial charge on any atom is 2.00 e. The Morgan fingerprint density at radius 2 is 1.71 bits per heavy atom. The summed E-state index contributed by atoms with van der Waals surface area (Å²) in [5.41, 5.74) is 3.44. The Morgan fingerprint density at radius 3 is 2.29 bits per heavy atom. The second-order valence-electron chi connectivity index (χ2n) is 3.06. The fraction of sp³-hybridized carbons (Fsp3) is 0.0769. The molecule has 0 amide bonds. The van der Waals surface area contributed by atoms with Gasteiger partial charge < -0.3 is 0 Å². The third kappa shape index (κ3) is 2.56. The Morgan fingerprint density at radius 1 is 0.929 bits per heavy atom. The zero-order chi connectivity index (χ0) is 9.10. The number of hydrogen-bond acceptors (Lipinski definition) is 0. The van der Waals surface area contributed by atoms with E-state index in [-0.39, 0.29) is 21.1 Å². The predicted octanol–water partition coefficient (Wildman–Crippen LogP) is 3.26. The van der Waals surface area contributed by atoms with Crippen molar-refractivity contribution in [1.82, 2.24) is 0 Å². The topological polar surface area (TPSA) is 0 Å². The molecule has 1 heteroatoms. The Balaban J connectivity index is 0.000000980. The molecule has 2 aromatic carbocycles. The average Bonchev–Trinajstić information content (AvgIpc) is 2.20. The molecule has 0 atom stereocenters. The molecule has 0 fully saturated rings. The first-order valence-electron chi connectivity index (χ1n) is 4.32. The summed E-state index contributed by atoms with van der Waals surface area (Å²) in [6, 6.07) is 20.5. The van der Waals surface area contributed by atoms with E-state index >= 15 is 0 Å². The molecule has 0 nitrogen and oxygen atoms in total. The summed E-state index contributed by atoms with van der Waals surface area (Å²) in [5.74, 6) is 0. The maximum atomic E-state index is 3.22. The van der Waals surface area contributed by atoms with Gasteiger partial charge in [0.1, 0.15) is 0 Å². The van der Waals surface area contributed by atoms with Crippen LogP contribution < -0.4 is 0 Å². The Hall–Kier alpha value is -0.872. The average molecular weight is 350 g/mol. The van der Waals surface area contributed by atoms with Crippen LogP contribution in [0, 0.1) is 19.1 Å². The predicted molar refractivity (Wildman–Crippen MR) is 54.3 cm³/mol. The minimum absolute atomic E-state index is 0. The van der Waals surface area contributed by atoms with Gasteiger partial charge in [0, 0.05) is 0 Å². The van der Waals surface area contributed by atoms with Crippen LogP contribution in [0.3, 0.4) is 0 Å². The summed E-state index contributed by atoms with van der Waals surface area (Å²) in [4.78, 5) is 0. The molecule has 0 saturated heterocycles. The molecule has 0 aliphatic heterocycles. The van der Waals surface area contributed by atoms with Crippen molar-refractivity contribution in [1.29, 1.82) is 0 Å². The molecule has 0 aliphatic rings. The van der Waals surface area contributed by atoms with Gasteiger partial charge in [-0.2, -0.15) is 48.5 Å². The zero-order valence-electron chi connectivity index (χ0n) is 7.95. The zero-order valence-corrected chi connectivity index (χ0v) is 10.9. The molecular weight excluding hydrogens is 340 g/mol. The van der Waals surface area contributed by atoms with Crippen molar-refractivity contribution in [3.8, 4) is 11.1 Å². The second kappa shape index (κ2) is 5.12. The third-order valence-corrected chi connectivity index (χ3v) is 1.97. The first-order chi connectivity index (χ1) is 6.36. The normalized spacial score (nSPS) is 9.21. The van der Waals surface area contributed by atoms with E-state index in [0.717, 1.165) is 11.1 Å². The van der Waals surface area contributed by atoms with Gasteiger partial charge >= 0.3 is 21.1 Å². The van der Waals surface area contributed by atoms with Crippen LogP contribution in [0.5, 0.6) is 0 Å². The van der Waals surface area contributed by atoms with E-state index in [1.165, 1.54) is 5.56 Å². The van der Waals surface area contributed by atoms with Gasteiger partial charge in [0.15, 0.2) is 0 Å². The van der Waals surface area contributed by atoms with Gasteiger partial charge in [-0.15, -0.1) is 11.6 Å². The van der Waals surface area contributed by atoms with Crippen LogP contribution in [0.1, 0.15) is 5.56 Å². The number of aryl methyl sites for hydroxylation is 1. The van der Waals surface area contributed by atoms with E-state index in [1.807, 2.05) is 30.3 Å². The van der Waals surface area contributed by atoms with Gasteiger partial charge in [0.05, 0.1) is 0 Å². The van der Waals surface area contributed by atoms with Crippen LogP contribution in [0.25, 0.3) is 11.1 Å². The van der Waals surface area contributed by atoms with E-state index in [0.29, 0.717) is 0 Å². The van der Waals surface area contributed by atoms with Crippen molar-refractivity contribution < 1.29 is 21.1 Å². The van der Waals surface area contributed by atoms with Crippen molar-refractivity contribution >= 4 is 0 Å². The van der Waals surface area contributed by atoms with E-state index < -0.39 is 0 Å². The Bertz CT molecular complexity index is 376. The maximum absolute atomic E-state index is 3.22. The van der Waals surface area contributed by atoms with Gasteiger partial charge in [-0.3, -0.25) is 0 Å². The Labute approximate surface area is 99.2 Å². The van der Waals surface area contributed by atoms with Crippen molar-refractivity contribution in [2.45, 2.75) is 6.92 Å². The first-order valence-corrected chi connectivity index (χ1v) is 4.32. The van der Waals surface area contributed by atoms with Crippen LogP contribution >= 0.6 is 0 Å². The van der Waals surface area contributed by atoms with Crippen LogP contribution in [0.2, 0.25) is 0 Å². The van der Waals surface area contributed by atoms with E-state index in [2.05, 4.69) is 31.2 Å². The van der Waals surface area contributed by atoms with E-state index in [4.69, 9.17) is 0 Å². The van der Waals surface area contributed by atoms with Crippen LogP contribution in [0.4, 0.5) is 0 Å². The molecule has 2 rings (SSSR count). The molecule has 0 unspecified atom stereocenters. The summed E-state index contributed by atoms with van der Waals surface area (Å²) in [7, 11) is 0. The van der Waals surface area contributed by atoms with E-state index in [1.54, 1.807) is 0 Å². The molecule has 0 bridgehead atoms. The molecular formula is C13H10W. The molecule has 0 aromatic heterocycles. The van der Waals surface area contributed by atoms with Gasteiger partial charge in [-0.25, -0.2) is 11.1 Å². The summed E-state index contributed by atoms with van der Waals surface area (Å²) >= 11 is 0. The van der Waals surface area contributed by atoms with Crippen molar-refractivity contribution in [2.24, 2.45) is 0 Å². The number of rotatable bonds is 1. The van der Waals surface area contributed by atoms with Crippen molar-refractivity contribution in [2.75, 3.05) is 0 Å². The SMILES string of the molecule is Cc1c[c-]c(-c2[c-]cccc2)cc1.[W+2]. The van der Waals surface area contributed by atoms with Gasteiger partial charge in [-0.05, 0) is 0 Å². The van der Waals surface area contributed by atoms with Gasteiger partial charge in [-0.1, -0.05) is 6.92 Å². The fourth-order valence-electron chi connectivity index (χ4n) is 1.23. The van der Waals surface area contributed by atoms with Crippen molar-refractivity contribution in [3.05, 3.63) is 60.2 Å². The monoisotopic (exact) mass is 350 g/mol. The minimum atomic E-state index is 0. The molecule has 0 N–H and O–H groups in total. The molecule has 0 spiro atoms. The molecule has 0 radical (unpaired) electrons. The molecule has 68 valence electrons. The second-order valence-corrected chi connectivity index (χ2v) is 3.06. The summed E-state index contributed by atoms with van der Waals surface area (Å²) in [6.45, 7) is 2.06. The summed E-state index contributed by atoms with van der Waals surface area (Å²) < 4.78 is 0. The standard InChI is InChI=1S/C13H10.W/c1-11-7-9-13(10-8-11)12-5-3-2-4-6-12;/h2-5,7-9H,1H3;/q-2;+2. The van der Waals surface area contributed by atoms with Crippen LogP contribution in [-0.2, 0) is 21.1 Å². The third-order valence-electron chi connectivity index (χ3n) is 1.97. The molecule has 2 aromatic rings. The largest absolute Gasteiger partial charge is 2.00 e. The molecule has 0 heterocycles. The molecule has 14 heavy (non-hydrogen) atoms. The molecule has 0 aliphatic carbocycles. The smallest absolute Gasteiger partial charge is 0.226 e. The summed E-state index contributed by atoms with van der Waals surface area (Å²) in [5, 5.41) is 0. The van der Waals surface area contributed by atoms with Crippen LogP contribution in [0.15, 0.2) is 42.5 Å². The quantitative estimate of drug-likeness (QED) is 0.693. The first kappa shape index (κ1) is 11.2. The van der Waals surface area contributed by atoms with Crippen molar-refractivity contribution in [3.63, 3.8) is 0 Å². The van der Waals surface area contributed by atoms with Gasteiger partial charge in [0.25, 0.3) is 0 Å². The minimum Gasteiger partial charge on any atom is -0.226 e. The number of hydrogen-bond donors (Lipinski definition) is 0. The summed E-state index contributed by atoms with van der Waals surface area (Å²) in [6.07, 6.45) is 0.